The van der Waals surface area contributed by atoms with Crippen LogP contribution in [-0.4, -0.2) is 17.0 Å². The Hall–Kier alpha value is -1.89. The fraction of sp³-hybridized carbons (Fsp3) is 0.0667. The molecule has 0 aliphatic rings. The van der Waals surface area contributed by atoms with Crippen molar-refractivity contribution < 1.29 is 14.7 Å². The number of anilines is 1. The predicted molar refractivity (Wildman–Crippen MR) is 84.9 cm³/mol. The van der Waals surface area contributed by atoms with Crippen LogP contribution in [0.5, 0.6) is 0 Å². The average molecular weight is 381 g/mol. The van der Waals surface area contributed by atoms with Crippen molar-refractivity contribution in [3.05, 3.63) is 63.2 Å². The number of carbonyl (C=O) groups excluding carboxylic acids is 1. The summed E-state index contributed by atoms with van der Waals surface area (Å²) < 4.78 is 1.08. The molecule has 5 heteroatoms. The molecular weight excluding hydrogens is 369 g/mol. The molecule has 102 valence electrons. The van der Waals surface area contributed by atoms with E-state index in [1.807, 2.05) is 24.3 Å². The van der Waals surface area contributed by atoms with Gasteiger partial charge in [-0.25, -0.2) is 4.79 Å². The fourth-order valence-corrected chi connectivity index (χ4v) is 2.15. The summed E-state index contributed by atoms with van der Waals surface area (Å²) in [6, 6.07) is 13.9. The molecule has 2 N–H and O–H groups in total. The third kappa shape index (κ3) is 3.80. The van der Waals surface area contributed by atoms with Crippen molar-refractivity contribution in [2.45, 2.75) is 6.42 Å². The number of nitrogens with one attached hydrogen (secondary N) is 1. The molecule has 0 atom stereocenters. The number of carboxylic acid groups (broad SMARTS) is 1. The Labute approximate surface area is 130 Å². The predicted octanol–water partition coefficient (Wildman–Crippen LogP) is 3.17. The third-order valence-electron chi connectivity index (χ3n) is 2.73. The zero-order valence-electron chi connectivity index (χ0n) is 10.5. The van der Waals surface area contributed by atoms with E-state index in [1.165, 1.54) is 6.07 Å². The quantitative estimate of drug-likeness (QED) is 0.800. The van der Waals surface area contributed by atoms with Gasteiger partial charge < -0.3 is 10.4 Å². The van der Waals surface area contributed by atoms with Crippen molar-refractivity contribution >= 4 is 40.2 Å². The zero-order chi connectivity index (χ0) is 14.5. The van der Waals surface area contributed by atoms with E-state index in [0.29, 0.717) is 11.3 Å². The molecule has 0 radical (unpaired) electrons. The molecule has 1 amide bonds. The van der Waals surface area contributed by atoms with Crippen molar-refractivity contribution in [2.75, 3.05) is 5.32 Å². The second kappa shape index (κ2) is 6.51. The van der Waals surface area contributed by atoms with E-state index in [-0.39, 0.29) is 17.9 Å². The van der Waals surface area contributed by atoms with Gasteiger partial charge in [-0.15, -0.1) is 0 Å². The molecule has 2 rings (SSSR count). The monoisotopic (exact) mass is 381 g/mol. The van der Waals surface area contributed by atoms with E-state index in [1.54, 1.807) is 18.2 Å². The SMILES string of the molecule is O=C(Cc1ccccc1C(=O)O)Nc1ccc(I)cc1. The molecule has 0 bridgehead atoms. The maximum atomic E-state index is 11.9. The van der Waals surface area contributed by atoms with E-state index < -0.39 is 5.97 Å². The second-order valence-electron chi connectivity index (χ2n) is 4.19. The molecular formula is C15H12INO3. The minimum Gasteiger partial charge on any atom is -0.478 e. The number of benzene rings is 2. The van der Waals surface area contributed by atoms with Crippen LogP contribution in [0.1, 0.15) is 15.9 Å². The number of halogens is 1. The summed E-state index contributed by atoms with van der Waals surface area (Å²) in [4.78, 5) is 23.0. The summed E-state index contributed by atoms with van der Waals surface area (Å²) in [5.74, 6) is -1.26. The molecule has 4 nitrogen and oxygen atoms in total. The van der Waals surface area contributed by atoms with Crippen molar-refractivity contribution in [3.63, 3.8) is 0 Å². The first-order valence-corrected chi connectivity index (χ1v) is 7.01. The maximum Gasteiger partial charge on any atom is 0.335 e. The number of carboxylic acids is 1. The van der Waals surface area contributed by atoms with Gasteiger partial charge in [-0.3, -0.25) is 4.79 Å². The Bertz CT molecular complexity index is 638. The number of aromatic carboxylic acids is 1. The minimum absolute atomic E-state index is 0.0362. The van der Waals surface area contributed by atoms with Crippen LogP contribution in [0.3, 0.4) is 0 Å². The van der Waals surface area contributed by atoms with E-state index in [9.17, 15) is 9.59 Å². The minimum atomic E-state index is -1.03. The Morgan fingerprint density at radius 1 is 1.05 bits per heavy atom. The van der Waals surface area contributed by atoms with Gasteiger partial charge in [0, 0.05) is 9.26 Å². The lowest BCUT2D eigenvalue weighted by atomic mass is 10.0. The number of hydrogen-bond donors (Lipinski definition) is 2. The lowest BCUT2D eigenvalue weighted by molar-refractivity contribution is -0.115. The van der Waals surface area contributed by atoms with Gasteiger partial charge in [-0.2, -0.15) is 0 Å². The average Bonchev–Trinajstić information content (AvgIpc) is 2.41. The molecule has 0 unspecified atom stereocenters. The highest BCUT2D eigenvalue weighted by molar-refractivity contribution is 14.1. The number of carbonyl (C=O) groups is 2. The third-order valence-corrected chi connectivity index (χ3v) is 3.45. The summed E-state index contributed by atoms with van der Waals surface area (Å²) in [6.45, 7) is 0. The van der Waals surface area contributed by atoms with E-state index in [4.69, 9.17) is 5.11 Å². The summed E-state index contributed by atoms with van der Waals surface area (Å²) in [5.41, 5.74) is 1.36. The van der Waals surface area contributed by atoms with Crippen molar-refractivity contribution in [1.82, 2.24) is 0 Å². The van der Waals surface area contributed by atoms with Gasteiger partial charge in [0.05, 0.1) is 12.0 Å². The second-order valence-corrected chi connectivity index (χ2v) is 5.44. The van der Waals surface area contributed by atoms with Gasteiger partial charge >= 0.3 is 5.97 Å². The maximum absolute atomic E-state index is 11.9. The largest absolute Gasteiger partial charge is 0.478 e. The molecule has 0 spiro atoms. The van der Waals surface area contributed by atoms with Crippen LogP contribution in [0.25, 0.3) is 0 Å². The Kier molecular flexibility index (Phi) is 4.73. The van der Waals surface area contributed by atoms with Crippen LogP contribution in [0.15, 0.2) is 48.5 Å². The summed E-state index contributed by atoms with van der Waals surface area (Å²) in [7, 11) is 0. The van der Waals surface area contributed by atoms with Gasteiger partial charge in [-0.05, 0) is 58.5 Å². The van der Waals surface area contributed by atoms with Crippen LogP contribution >= 0.6 is 22.6 Å². The standard InChI is InChI=1S/C15H12INO3/c16-11-5-7-12(8-6-11)17-14(18)9-10-3-1-2-4-13(10)15(19)20/h1-8H,9H2,(H,17,18)(H,19,20). The van der Waals surface area contributed by atoms with Crippen molar-refractivity contribution in [1.29, 1.82) is 0 Å². The fourth-order valence-electron chi connectivity index (χ4n) is 1.79. The lowest BCUT2D eigenvalue weighted by Crippen LogP contribution is -2.16. The molecule has 0 heterocycles. The van der Waals surface area contributed by atoms with E-state index in [2.05, 4.69) is 27.9 Å². The van der Waals surface area contributed by atoms with Gasteiger partial charge in [0.1, 0.15) is 0 Å². The van der Waals surface area contributed by atoms with E-state index in [0.717, 1.165) is 3.57 Å². The molecule has 0 aliphatic heterocycles. The first-order valence-electron chi connectivity index (χ1n) is 5.93. The van der Waals surface area contributed by atoms with Crippen LogP contribution in [0.4, 0.5) is 5.69 Å². The molecule has 2 aromatic rings. The smallest absolute Gasteiger partial charge is 0.335 e. The Morgan fingerprint density at radius 3 is 2.35 bits per heavy atom. The first-order chi connectivity index (χ1) is 9.56. The van der Waals surface area contributed by atoms with Gasteiger partial charge in [-0.1, -0.05) is 18.2 Å². The Balaban J connectivity index is 2.08. The van der Waals surface area contributed by atoms with Crippen LogP contribution in [0.2, 0.25) is 0 Å². The van der Waals surface area contributed by atoms with Gasteiger partial charge in [0.2, 0.25) is 5.91 Å². The van der Waals surface area contributed by atoms with Gasteiger partial charge in [0.25, 0.3) is 0 Å². The van der Waals surface area contributed by atoms with Crippen LogP contribution < -0.4 is 5.32 Å². The molecule has 0 aliphatic carbocycles. The van der Waals surface area contributed by atoms with Crippen LogP contribution in [0, 0.1) is 3.57 Å². The van der Waals surface area contributed by atoms with Crippen LogP contribution in [-0.2, 0) is 11.2 Å². The summed E-state index contributed by atoms with van der Waals surface area (Å²) in [6.07, 6.45) is 0.0362. The highest BCUT2D eigenvalue weighted by Gasteiger charge is 2.12. The zero-order valence-corrected chi connectivity index (χ0v) is 12.6. The summed E-state index contributed by atoms with van der Waals surface area (Å²) >= 11 is 2.18. The highest BCUT2D eigenvalue weighted by atomic mass is 127. The van der Waals surface area contributed by atoms with E-state index >= 15 is 0 Å². The molecule has 0 fully saturated rings. The number of amides is 1. The topological polar surface area (TPSA) is 66.4 Å². The molecule has 0 aromatic heterocycles. The van der Waals surface area contributed by atoms with Crippen molar-refractivity contribution in [3.8, 4) is 0 Å². The molecule has 2 aromatic carbocycles. The molecule has 0 saturated carbocycles. The number of hydrogen-bond acceptors (Lipinski definition) is 2. The summed E-state index contributed by atoms with van der Waals surface area (Å²) in [5, 5.41) is 11.8. The molecule has 20 heavy (non-hydrogen) atoms. The number of rotatable bonds is 4. The molecule has 0 saturated heterocycles. The Morgan fingerprint density at radius 2 is 1.70 bits per heavy atom. The highest BCUT2D eigenvalue weighted by Crippen LogP contribution is 2.13. The normalized spacial score (nSPS) is 10.1. The van der Waals surface area contributed by atoms with Gasteiger partial charge in [0.15, 0.2) is 0 Å². The lowest BCUT2D eigenvalue weighted by Gasteiger charge is -2.07. The van der Waals surface area contributed by atoms with Crippen molar-refractivity contribution in [2.24, 2.45) is 0 Å². The first kappa shape index (κ1) is 14.5.